The zero-order valence-electron chi connectivity index (χ0n) is 8.64. The lowest BCUT2D eigenvalue weighted by Crippen LogP contribution is -2.41. The maximum Gasteiger partial charge on any atom is 0.0217 e. The van der Waals surface area contributed by atoms with Crippen molar-refractivity contribution in [3.63, 3.8) is 0 Å². The molecule has 1 heterocycles. The fourth-order valence-corrected chi connectivity index (χ4v) is 1.76. The summed E-state index contributed by atoms with van der Waals surface area (Å²) in [5, 5.41) is 3.60. The lowest BCUT2D eigenvalue weighted by Gasteiger charge is -2.25. The molecule has 0 bridgehead atoms. The van der Waals surface area contributed by atoms with Crippen LogP contribution in [0.25, 0.3) is 0 Å². The fraction of sp³-hybridized carbons (Fsp3) is 1.00. The summed E-state index contributed by atoms with van der Waals surface area (Å²) in [6.45, 7) is 11.8. The molecule has 1 atom stereocenters. The van der Waals surface area contributed by atoms with Crippen molar-refractivity contribution in [2.24, 2.45) is 5.92 Å². The summed E-state index contributed by atoms with van der Waals surface area (Å²) in [7, 11) is 0. The van der Waals surface area contributed by atoms with Gasteiger partial charge in [-0.2, -0.15) is 0 Å². The van der Waals surface area contributed by atoms with Crippen LogP contribution in [0.15, 0.2) is 0 Å². The fourth-order valence-electron chi connectivity index (χ4n) is 1.76. The van der Waals surface area contributed by atoms with E-state index in [4.69, 9.17) is 0 Å². The maximum atomic E-state index is 3.60. The summed E-state index contributed by atoms with van der Waals surface area (Å²) in [6.07, 6.45) is 1.30. The molecular formula is C10H22N2. The van der Waals surface area contributed by atoms with E-state index in [1.807, 2.05) is 0 Å². The molecule has 0 aromatic heterocycles. The first-order chi connectivity index (χ1) is 5.74. The topological polar surface area (TPSA) is 15.3 Å². The van der Waals surface area contributed by atoms with Gasteiger partial charge in [-0.05, 0) is 32.0 Å². The summed E-state index contributed by atoms with van der Waals surface area (Å²) in [6, 6.07) is 0.701. The van der Waals surface area contributed by atoms with E-state index in [0.717, 1.165) is 5.92 Å². The molecule has 0 aliphatic carbocycles. The molecule has 1 aliphatic rings. The predicted molar refractivity (Wildman–Crippen MR) is 53.4 cm³/mol. The third-order valence-electron chi connectivity index (χ3n) is 2.76. The third-order valence-corrected chi connectivity index (χ3v) is 2.76. The largest absolute Gasteiger partial charge is 0.312 e. The second-order valence-corrected chi connectivity index (χ2v) is 4.05. The normalized spacial score (nSPS) is 27.5. The van der Waals surface area contributed by atoms with E-state index in [9.17, 15) is 0 Å². The number of hydrogen-bond acceptors (Lipinski definition) is 2. The Balaban J connectivity index is 2.42. The number of likely N-dealkylation sites (N-methyl/N-ethyl adjacent to an activating group) is 1. The average molecular weight is 170 g/mol. The second-order valence-electron chi connectivity index (χ2n) is 4.05. The molecule has 2 heteroatoms. The Bertz CT molecular complexity index is 123. The first kappa shape index (κ1) is 10.0. The van der Waals surface area contributed by atoms with Gasteiger partial charge in [0.1, 0.15) is 0 Å². The van der Waals surface area contributed by atoms with Gasteiger partial charge in [0.2, 0.25) is 0 Å². The van der Waals surface area contributed by atoms with Crippen LogP contribution in [0, 0.1) is 5.92 Å². The van der Waals surface area contributed by atoms with Crippen molar-refractivity contribution in [3.8, 4) is 0 Å². The monoisotopic (exact) mass is 170 g/mol. The first-order valence-electron chi connectivity index (χ1n) is 5.19. The lowest BCUT2D eigenvalue weighted by atomic mass is 10.0. The minimum absolute atomic E-state index is 0.701. The minimum atomic E-state index is 0.701. The number of rotatable bonds is 2. The molecule has 2 nitrogen and oxygen atoms in total. The Morgan fingerprint density at radius 3 is 2.83 bits per heavy atom. The van der Waals surface area contributed by atoms with Crippen LogP contribution >= 0.6 is 0 Å². The van der Waals surface area contributed by atoms with Gasteiger partial charge in [-0.1, -0.05) is 20.8 Å². The number of nitrogens with one attached hydrogen (secondary N) is 1. The molecular weight excluding hydrogens is 148 g/mol. The van der Waals surface area contributed by atoms with E-state index in [1.165, 1.54) is 32.6 Å². The molecule has 12 heavy (non-hydrogen) atoms. The molecule has 0 unspecified atom stereocenters. The third kappa shape index (κ3) is 2.76. The van der Waals surface area contributed by atoms with Crippen LogP contribution in [0.5, 0.6) is 0 Å². The van der Waals surface area contributed by atoms with Crippen molar-refractivity contribution in [2.75, 3.05) is 26.2 Å². The predicted octanol–water partition coefficient (Wildman–Crippen LogP) is 1.33. The minimum Gasteiger partial charge on any atom is -0.312 e. The quantitative estimate of drug-likeness (QED) is 0.672. The average Bonchev–Trinajstić information content (AvgIpc) is 2.28. The Hall–Kier alpha value is -0.0800. The van der Waals surface area contributed by atoms with Gasteiger partial charge in [0.25, 0.3) is 0 Å². The zero-order chi connectivity index (χ0) is 8.97. The Morgan fingerprint density at radius 1 is 1.50 bits per heavy atom. The highest BCUT2D eigenvalue weighted by Crippen LogP contribution is 2.07. The van der Waals surface area contributed by atoms with E-state index in [-0.39, 0.29) is 0 Å². The summed E-state index contributed by atoms with van der Waals surface area (Å²) >= 11 is 0. The summed E-state index contributed by atoms with van der Waals surface area (Å²) in [4.78, 5) is 2.55. The summed E-state index contributed by atoms with van der Waals surface area (Å²) < 4.78 is 0. The standard InChI is InChI=1S/C10H22N2/c1-4-12-7-5-6-11-10(8-12)9(2)3/h9-11H,4-8H2,1-3H3/t10-/m1/s1. The van der Waals surface area contributed by atoms with Crippen molar-refractivity contribution < 1.29 is 0 Å². The van der Waals surface area contributed by atoms with Gasteiger partial charge < -0.3 is 10.2 Å². The van der Waals surface area contributed by atoms with E-state index < -0.39 is 0 Å². The smallest absolute Gasteiger partial charge is 0.0217 e. The molecule has 0 aromatic carbocycles. The molecule has 1 aliphatic heterocycles. The summed E-state index contributed by atoms with van der Waals surface area (Å²) in [5.41, 5.74) is 0. The lowest BCUT2D eigenvalue weighted by molar-refractivity contribution is 0.257. The molecule has 1 fully saturated rings. The first-order valence-corrected chi connectivity index (χ1v) is 5.19. The van der Waals surface area contributed by atoms with E-state index in [1.54, 1.807) is 0 Å². The van der Waals surface area contributed by atoms with Crippen LogP contribution in [0.2, 0.25) is 0 Å². The van der Waals surface area contributed by atoms with Crippen LogP contribution < -0.4 is 5.32 Å². The van der Waals surface area contributed by atoms with E-state index in [0.29, 0.717) is 6.04 Å². The van der Waals surface area contributed by atoms with Crippen LogP contribution in [-0.4, -0.2) is 37.1 Å². The van der Waals surface area contributed by atoms with E-state index in [2.05, 4.69) is 31.0 Å². The SMILES string of the molecule is CCN1CCCN[C@@H](C(C)C)C1. The highest BCUT2D eigenvalue weighted by Gasteiger charge is 2.18. The second kappa shape index (κ2) is 4.83. The van der Waals surface area contributed by atoms with Crippen molar-refractivity contribution >= 4 is 0 Å². The molecule has 1 N–H and O–H groups in total. The van der Waals surface area contributed by atoms with Gasteiger partial charge in [-0.25, -0.2) is 0 Å². The van der Waals surface area contributed by atoms with Gasteiger partial charge in [-0.3, -0.25) is 0 Å². The van der Waals surface area contributed by atoms with Crippen molar-refractivity contribution in [3.05, 3.63) is 0 Å². The zero-order valence-corrected chi connectivity index (χ0v) is 8.64. The van der Waals surface area contributed by atoms with Crippen LogP contribution in [0.1, 0.15) is 27.2 Å². The van der Waals surface area contributed by atoms with Gasteiger partial charge in [0.15, 0.2) is 0 Å². The molecule has 0 amide bonds. The van der Waals surface area contributed by atoms with E-state index >= 15 is 0 Å². The molecule has 1 saturated heterocycles. The van der Waals surface area contributed by atoms with Gasteiger partial charge in [0.05, 0.1) is 0 Å². The number of nitrogens with zero attached hydrogens (tertiary/aromatic N) is 1. The Kier molecular flexibility index (Phi) is 4.02. The molecule has 0 aromatic rings. The van der Waals surface area contributed by atoms with Gasteiger partial charge in [0, 0.05) is 12.6 Å². The van der Waals surface area contributed by atoms with Gasteiger partial charge in [-0.15, -0.1) is 0 Å². The van der Waals surface area contributed by atoms with Crippen molar-refractivity contribution in [1.82, 2.24) is 10.2 Å². The van der Waals surface area contributed by atoms with Crippen LogP contribution in [0.4, 0.5) is 0 Å². The molecule has 1 rings (SSSR count). The van der Waals surface area contributed by atoms with Crippen molar-refractivity contribution in [2.45, 2.75) is 33.2 Å². The Labute approximate surface area is 76.3 Å². The molecule has 0 spiro atoms. The van der Waals surface area contributed by atoms with Crippen molar-refractivity contribution in [1.29, 1.82) is 0 Å². The molecule has 0 radical (unpaired) electrons. The van der Waals surface area contributed by atoms with Gasteiger partial charge >= 0.3 is 0 Å². The molecule has 72 valence electrons. The Morgan fingerprint density at radius 2 is 2.25 bits per heavy atom. The highest BCUT2D eigenvalue weighted by atomic mass is 15.2. The summed E-state index contributed by atoms with van der Waals surface area (Å²) in [5.74, 6) is 0.761. The highest BCUT2D eigenvalue weighted by molar-refractivity contribution is 4.78. The molecule has 0 saturated carbocycles. The number of hydrogen-bond donors (Lipinski definition) is 1. The maximum absolute atomic E-state index is 3.60. The van der Waals surface area contributed by atoms with Crippen LogP contribution in [0.3, 0.4) is 0 Å². The van der Waals surface area contributed by atoms with Crippen LogP contribution in [-0.2, 0) is 0 Å².